The zero-order valence-corrected chi connectivity index (χ0v) is 16.2. The van der Waals surface area contributed by atoms with Crippen molar-refractivity contribution in [3.05, 3.63) is 68.1 Å². The normalized spacial score (nSPS) is 15.3. The van der Waals surface area contributed by atoms with Crippen LogP contribution in [0.4, 0.5) is 0 Å². The number of hydrogen-bond donors (Lipinski definition) is 1. The molecule has 0 bridgehead atoms. The lowest BCUT2D eigenvalue weighted by molar-refractivity contribution is 0.0475. The number of benzene rings is 1. The van der Waals surface area contributed by atoms with E-state index in [4.69, 9.17) is 16.7 Å². The fourth-order valence-electron chi connectivity index (χ4n) is 3.28. The highest BCUT2D eigenvalue weighted by Crippen LogP contribution is 2.33. The minimum absolute atomic E-state index is 0.0608. The molecule has 0 spiro atoms. The van der Waals surface area contributed by atoms with Crippen molar-refractivity contribution >= 4 is 33.2 Å². The number of likely N-dealkylation sites (tertiary alicyclic amines) is 1. The summed E-state index contributed by atoms with van der Waals surface area (Å²) in [5.41, 5.74) is 2.98. The third-order valence-electron chi connectivity index (χ3n) is 4.73. The van der Waals surface area contributed by atoms with E-state index in [-0.39, 0.29) is 12.2 Å². The Labute approximate surface area is 164 Å². The van der Waals surface area contributed by atoms with Gasteiger partial charge in [0, 0.05) is 54.6 Å². The van der Waals surface area contributed by atoms with Crippen LogP contribution < -0.4 is 5.56 Å². The second-order valence-electron chi connectivity index (χ2n) is 6.58. The van der Waals surface area contributed by atoms with Crippen LogP contribution in [-0.4, -0.2) is 39.1 Å². The minimum atomic E-state index is -0.0608. The maximum absolute atomic E-state index is 12.7. The Morgan fingerprint density at radius 3 is 2.88 bits per heavy atom. The Morgan fingerprint density at radius 2 is 2.12 bits per heavy atom. The van der Waals surface area contributed by atoms with Crippen molar-refractivity contribution in [2.45, 2.75) is 6.54 Å². The quantitative estimate of drug-likeness (QED) is 0.685. The first-order chi connectivity index (χ1) is 12.6. The summed E-state index contributed by atoms with van der Waals surface area (Å²) in [4.78, 5) is 19.3. The molecule has 1 aliphatic heterocycles. The summed E-state index contributed by atoms with van der Waals surface area (Å²) < 4.78 is 2.39. The van der Waals surface area contributed by atoms with Crippen molar-refractivity contribution in [1.82, 2.24) is 14.3 Å². The van der Waals surface area contributed by atoms with Crippen molar-refractivity contribution < 1.29 is 5.11 Å². The van der Waals surface area contributed by atoms with Crippen LogP contribution in [0.25, 0.3) is 16.8 Å². The second kappa shape index (κ2) is 7.12. The highest BCUT2D eigenvalue weighted by Gasteiger charge is 2.26. The average molecular weight is 435 g/mol. The fraction of sp³-hybridized carbons (Fsp3) is 0.263. The van der Waals surface area contributed by atoms with E-state index in [9.17, 15) is 4.79 Å². The van der Waals surface area contributed by atoms with Crippen LogP contribution in [0.3, 0.4) is 0 Å². The largest absolute Gasteiger partial charge is 0.396 e. The average Bonchev–Trinajstić information content (AvgIpc) is 2.61. The summed E-state index contributed by atoms with van der Waals surface area (Å²) in [5, 5.41) is 9.74. The first-order valence-corrected chi connectivity index (χ1v) is 9.52. The van der Waals surface area contributed by atoms with E-state index in [0.717, 1.165) is 28.7 Å². The van der Waals surface area contributed by atoms with Crippen LogP contribution in [-0.2, 0) is 6.54 Å². The molecule has 1 fully saturated rings. The number of halogens is 2. The van der Waals surface area contributed by atoms with Gasteiger partial charge in [-0.2, -0.15) is 0 Å². The predicted octanol–water partition coefficient (Wildman–Crippen LogP) is 3.20. The zero-order chi connectivity index (χ0) is 18.3. The third kappa shape index (κ3) is 3.18. The van der Waals surface area contributed by atoms with Crippen molar-refractivity contribution in [2.75, 3.05) is 19.7 Å². The highest BCUT2D eigenvalue weighted by molar-refractivity contribution is 9.10. The van der Waals surface area contributed by atoms with Crippen LogP contribution in [0.2, 0.25) is 5.02 Å². The van der Waals surface area contributed by atoms with Crippen molar-refractivity contribution in [2.24, 2.45) is 5.92 Å². The summed E-state index contributed by atoms with van der Waals surface area (Å²) in [6.07, 6.45) is 3.39. The number of aliphatic hydroxyl groups excluding tert-OH is 1. The molecule has 7 heteroatoms. The Bertz CT molecular complexity index is 1030. The van der Waals surface area contributed by atoms with E-state index in [1.54, 1.807) is 16.8 Å². The molecule has 0 radical (unpaired) electrons. The van der Waals surface area contributed by atoms with E-state index < -0.39 is 0 Å². The standard InChI is InChI=1S/C19H17BrClN3O2/c20-16-3-1-2-15(18(16)21)13-4-5-24-17(6-13)22-7-14(19(24)26)10-23-8-12(9-23)11-25/h1-7,12,25H,8-11H2. The topological polar surface area (TPSA) is 57.8 Å². The fourth-order valence-corrected chi connectivity index (χ4v) is 3.88. The van der Waals surface area contributed by atoms with Crippen molar-refractivity contribution in [3.8, 4) is 11.1 Å². The molecule has 134 valence electrons. The van der Waals surface area contributed by atoms with Gasteiger partial charge in [0.25, 0.3) is 5.56 Å². The summed E-state index contributed by atoms with van der Waals surface area (Å²) in [6.45, 7) is 2.40. The first kappa shape index (κ1) is 17.7. The number of hydrogen-bond acceptors (Lipinski definition) is 4. The van der Waals surface area contributed by atoms with Gasteiger partial charge in [-0.3, -0.25) is 14.1 Å². The molecule has 1 saturated heterocycles. The molecule has 26 heavy (non-hydrogen) atoms. The van der Waals surface area contributed by atoms with E-state index in [1.807, 2.05) is 30.3 Å². The van der Waals surface area contributed by atoms with Gasteiger partial charge in [0.15, 0.2) is 0 Å². The van der Waals surface area contributed by atoms with E-state index in [2.05, 4.69) is 25.8 Å². The van der Waals surface area contributed by atoms with Crippen LogP contribution in [0, 0.1) is 5.92 Å². The van der Waals surface area contributed by atoms with Gasteiger partial charge >= 0.3 is 0 Å². The van der Waals surface area contributed by atoms with Crippen LogP contribution in [0.1, 0.15) is 5.56 Å². The molecular weight excluding hydrogens is 418 g/mol. The molecule has 5 nitrogen and oxygen atoms in total. The summed E-state index contributed by atoms with van der Waals surface area (Å²) in [7, 11) is 0. The van der Waals surface area contributed by atoms with Gasteiger partial charge < -0.3 is 5.11 Å². The van der Waals surface area contributed by atoms with Gasteiger partial charge in [0.05, 0.1) is 10.6 Å². The van der Waals surface area contributed by atoms with Crippen molar-refractivity contribution in [1.29, 1.82) is 0 Å². The molecule has 0 amide bonds. The number of rotatable bonds is 4. The van der Waals surface area contributed by atoms with Crippen LogP contribution >= 0.6 is 27.5 Å². The van der Waals surface area contributed by atoms with E-state index in [1.165, 1.54) is 0 Å². The maximum Gasteiger partial charge on any atom is 0.262 e. The van der Waals surface area contributed by atoms with Crippen molar-refractivity contribution in [3.63, 3.8) is 0 Å². The summed E-state index contributed by atoms with van der Waals surface area (Å²) in [5.74, 6) is 0.323. The molecule has 2 aromatic heterocycles. The van der Waals surface area contributed by atoms with Gasteiger partial charge in [0.2, 0.25) is 0 Å². The molecule has 1 N–H and O–H groups in total. The summed E-state index contributed by atoms with van der Waals surface area (Å²) in [6, 6.07) is 9.49. The van der Waals surface area contributed by atoms with Gasteiger partial charge in [-0.05, 0) is 39.7 Å². The number of aromatic nitrogens is 2. The number of fused-ring (bicyclic) bond motifs is 1. The van der Waals surface area contributed by atoms with Crippen LogP contribution in [0.15, 0.2) is 52.0 Å². The second-order valence-corrected chi connectivity index (χ2v) is 7.81. The van der Waals surface area contributed by atoms with Gasteiger partial charge in [0.1, 0.15) is 5.65 Å². The summed E-state index contributed by atoms with van der Waals surface area (Å²) >= 11 is 9.82. The van der Waals surface area contributed by atoms with Gasteiger partial charge in [-0.15, -0.1) is 0 Å². The maximum atomic E-state index is 12.7. The molecule has 0 aliphatic carbocycles. The number of pyridine rings is 1. The number of aliphatic hydroxyl groups is 1. The number of nitrogens with zero attached hydrogens (tertiary/aromatic N) is 3. The minimum Gasteiger partial charge on any atom is -0.396 e. The molecule has 3 heterocycles. The Morgan fingerprint density at radius 1 is 1.31 bits per heavy atom. The zero-order valence-electron chi connectivity index (χ0n) is 13.9. The highest BCUT2D eigenvalue weighted by atomic mass is 79.9. The third-order valence-corrected chi connectivity index (χ3v) is 6.02. The molecule has 1 aliphatic rings. The molecule has 1 aromatic carbocycles. The molecule has 0 saturated carbocycles. The Kier molecular flexibility index (Phi) is 4.84. The first-order valence-electron chi connectivity index (χ1n) is 8.34. The molecule has 3 aromatic rings. The van der Waals surface area contributed by atoms with Gasteiger partial charge in [-0.25, -0.2) is 4.98 Å². The smallest absolute Gasteiger partial charge is 0.262 e. The molecule has 0 atom stereocenters. The van der Waals surface area contributed by atoms with E-state index >= 15 is 0 Å². The molecule has 4 rings (SSSR count). The lowest BCUT2D eigenvalue weighted by Crippen LogP contribution is -2.48. The monoisotopic (exact) mass is 433 g/mol. The van der Waals surface area contributed by atoms with Crippen LogP contribution in [0.5, 0.6) is 0 Å². The SMILES string of the molecule is O=c1c(CN2CC(CO)C2)cnc2cc(-c3cccc(Br)c3Cl)ccn12. The predicted molar refractivity (Wildman–Crippen MR) is 105 cm³/mol. The Hall–Kier alpha value is -1.73. The lowest BCUT2D eigenvalue weighted by Gasteiger charge is -2.37. The lowest BCUT2D eigenvalue weighted by atomic mass is 10.0. The van der Waals surface area contributed by atoms with Gasteiger partial charge in [-0.1, -0.05) is 23.7 Å². The van der Waals surface area contributed by atoms with E-state index in [0.29, 0.717) is 28.7 Å². The molecule has 0 unspecified atom stereocenters. The Balaban J connectivity index is 1.67. The molecular formula is C19H17BrClN3O2.